The molecule has 0 unspecified atom stereocenters. The molecule has 1 aliphatic rings. The van der Waals surface area contributed by atoms with E-state index in [1.54, 1.807) is 9.80 Å². The lowest BCUT2D eigenvalue weighted by Crippen LogP contribution is -2.53. The van der Waals surface area contributed by atoms with Crippen molar-refractivity contribution in [3.63, 3.8) is 0 Å². The van der Waals surface area contributed by atoms with E-state index in [-0.39, 0.29) is 17.9 Å². The van der Waals surface area contributed by atoms with E-state index in [4.69, 9.17) is 0 Å². The number of rotatable bonds is 6. The number of unbranched alkanes of at least 4 members (excludes halogenated alkanes) is 1. The zero-order valence-corrected chi connectivity index (χ0v) is 12.9. The number of nitrogens with one attached hydrogen (secondary N) is 1. The number of ether oxygens (including phenoxy) is 1. The molecule has 1 rings (SSSR count). The van der Waals surface area contributed by atoms with Crippen LogP contribution in [-0.2, 0) is 14.3 Å². The van der Waals surface area contributed by atoms with Crippen LogP contribution in [0.5, 0.6) is 0 Å². The Balaban J connectivity index is 2.14. The van der Waals surface area contributed by atoms with Crippen LogP contribution in [0.3, 0.4) is 0 Å². The van der Waals surface area contributed by atoms with Gasteiger partial charge in [0.05, 0.1) is 7.11 Å². The lowest BCUT2D eigenvalue weighted by atomic mass is 10.2. The second-order valence-corrected chi connectivity index (χ2v) is 4.99. The molecule has 0 aromatic rings. The Kier molecular flexibility index (Phi) is 7.56. The number of hydrogen-bond donors (Lipinski definition) is 1. The molecule has 0 atom stereocenters. The molecular formula is C14H25N3O4. The minimum Gasteiger partial charge on any atom is -0.469 e. The molecule has 7 heteroatoms. The summed E-state index contributed by atoms with van der Waals surface area (Å²) in [4.78, 5) is 37.9. The van der Waals surface area contributed by atoms with Crippen LogP contribution in [-0.4, -0.2) is 67.5 Å². The van der Waals surface area contributed by atoms with Crippen LogP contribution >= 0.6 is 0 Å². The number of urea groups is 1. The summed E-state index contributed by atoms with van der Waals surface area (Å²) in [5.41, 5.74) is 0. The number of nitrogens with zero attached hydrogens (tertiary/aromatic N) is 2. The third-order valence-corrected chi connectivity index (χ3v) is 3.53. The molecule has 0 aromatic carbocycles. The summed E-state index contributed by atoms with van der Waals surface area (Å²) in [5.74, 6) is -0.0871. The molecule has 0 bridgehead atoms. The molecule has 1 saturated heterocycles. The summed E-state index contributed by atoms with van der Waals surface area (Å²) in [6, 6.07) is -0.100. The van der Waals surface area contributed by atoms with E-state index in [0.717, 1.165) is 6.42 Å². The molecule has 3 amide bonds. The number of methoxy groups -OCH3 is 1. The second-order valence-electron chi connectivity index (χ2n) is 4.99. The number of hydrogen-bond acceptors (Lipinski definition) is 4. The number of carbonyl (C=O) groups is 3. The molecule has 21 heavy (non-hydrogen) atoms. The fourth-order valence-corrected chi connectivity index (χ4v) is 2.19. The summed E-state index contributed by atoms with van der Waals surface area (Å²) in [6.07, 6.45) is 2.33. The average molecular weight is 299 g/mol. The molecular weight excluding hydrogens is 274 g/mol. The molecule has 0 aromatic heterocycles. The smallest absolute Gasteiger partial charge is 0.317 e. The van der Waals surface area contributed by atoms with Gasteiger partial charge in [0, 0.05) is 45.6 Å². The summed E-state index contributed by atoms with van der Waals surface area (Å²) >= 11 is 0. The summed E-state index contributed by atoms with van der Waals surface area (Å²) in [6.45, 7) is 4.73. The third kappa shape index (κ3) is 6.01. The van der Waals surface area contributed by atoms with Gasteiger partial charge in [-0.25, -0.2) is 4.79 Å². The Morgan fingerprint density at radius 1 is 1.05 bits per heavy atom. The van der Waals surface area contributed by atoms with Crippen LogP contribution < -0.4 is 5.32 Å². The molecule has 1 heterocycles. The molecule has 1 fully saturated rings. The van der Waals surface area contributed by atoms with Gasteiger partial charge in [-0.15, -0.1) is 0 Å². The zero-order valence-electron chi connectivity index (χ0n) is 12.9. The molecule has 0 aliphatic carbocycles. The Labute approximate surface area is 125 Å². The highest BCUT2D eigenvalue weighted by atomic mass is 16.5. The van der Waals surface area contributed by atoms with Gasteiger partial charge in [0.2, 0.25) is 5.91 Å². The number of esters is 1. The van der Waals surface area contributed by atoms with E-state index in [2.05, 4.69) is 10.1 Å². The molecule has 1 N–H and O–H groups in total. The van der Waals surface area contributed by atoms with Gasteiger partial charge in [-0.1, -0.05) is 6.92 Å². The van der Waals surface area contributed by atoms with Gasteiger partial charge in [-0.3, -0.25) is 9.59 Å². The minimum absolute atomic E-state index is 0.100. The number of piperazine rings is 1. The highest BCUT2D eigenvalue weighted by Gasteiger charge is 2.22. The van der Waals surface area contributed by atoms with Crippen molar-refractivity contribution in [1.29, 1.82) is 0 Å². The molecule has 0 radical (unpaired) electrons. The normalized spacial score (nSPS) is 14.8. The predicted molar refractivity (Wildman–Crippen MR) is 77.7 cm³/mol. The quantitative estimate of drug-likeness (QED) is 0.575. The fraction of sp³-hybridized carbons (Fsp3) is 0.786. The Hall–Kier alpha value is -1.79. The fourth-order valence-electron chi connectivity index (χ4n) is 2.19. The first-order valence-corrected chi connectivity index (χ1v) is 7.45. The molecule has 0 saturated carbocycles. The Morgan fingerprint density at radius 2 is 1.67 bits per heavy atom. The van der Waals surface area contributed by atoms with Gasteiger partial charge >= 0.3 is 12.0 Å². The van der Waals surface area contributed by atoms with Gasteiger partial charge in [-0.2, -0.15) is 0 Å². The summed E-state index contributed by atoms with van der Waals surface area (Å²) in [5, 5.41) is 2.83. The lowest BCUT2D eigenvalue weighted by Gasteiger charge is -2.34. The van der Waals surface area contributed by atoms with Crippen LogP contribution in [0.2, 0.25) is 0 Å². The van der Waals surface area contributed by atoms with Crippen molar-refractivity contribution in [3.8, 4) is 0 Å². The van der Waals surface area contributed by atoms with Gasteiger partial charge in [0.25, 0.3) is 0 Å². The van der Waals surface area contributed by atoms with E-state index >= 15 is 0 Å². The number of amides is 3. The maximum atomic E-state index is 11.9. The summed E-state index contributed by atoms with van der Waals surface area (Å²) in [7, 11) is 1.37. The highest BCUT2D eigenvalue weighted by Crippen LogP contribution is 2.04. The molecule has 0 spiro atoms. The van der Waals surface area contributed by atoms with Crippen molar-refractivity contribution in [2.24, 2.45) is 0 Å². The second kappa shape index (κ2) is 9.20. The lowest BCUT2D eigenvalue weighted by molar-refractivity contribution is -0.140. The highest BCUT2D eigenvalue weighted by molar-refractivity contribution is 5.77. The maximum Gasteiger partial charge on any atom is 0.317 e. The molecule has 120 valence electrons. The number of carbonyl (C=O) groups excluding carboxylic acids is 3. The van der Waals surface area contributed by atoms with Crippen LogP contribution in [0, 0.1) is 0 Å². The van der Waals surface area contributed by atoms with Gasteiger partial charge in [0.15, 0.2) is 0 Å². The topological polar surface area (TPSA) is 79.0 Å². The van der Waals surface area contributed by atoms with E-state index in [1.807, 2.05) is 6.92 Å². The van der Waals surface area contributed by atoms with Gasteiger partial charge < -0.3 is 19.9 Å². The van der Waals surface area contributed by atoms with Crippen LogP contribution in [0.1, 0.15) is 32.6 Å². The zero-order chi connectivity index (χ0) is 15.7. The van der Waals surface area contributed by atoms with Crippen LogP contribution in [0.4, 0.5) is 4.79 Å². The van der Waals surface area contributed by atoms with Crippen molar-refractivity contribution in [3.05, 3.63) is 0 Å². The van der Waals surface area contributed by atoms with Gasteiger partial charge in [0.1, 0.15) is 0 Å². The van der Waals surface area contributed by atoms with Crippen molar-refractivity contribution in [1.82, 2.24) is 15.1 Å². The Bertz CT molecular complexity index is 365. The van der Waals surface area contributed by atoms with Gasteiger partial charge in [-0.05, 0) is 12.8 Å². The monoisotopic (exact) mass is 299 g/mol. The molecule has 1 aliphatic heterocycles. The largest absolute Gasteiger partial charge is 0.469 e. The minimum atomic E-state index is -0.224. The first-order valence-electron chi connectivity index (χ1n) is 7.45. The van der Waals surface area contributed by atoms with Crippen LogP contribution in [0.25, 0.3) is 0 Å². The van der Waals surface area contributed by atoms with E-state index < -0.39 is 0 Å². The average Bonchev–Trinajstić information content (AvgIpc) is 2.53. The van der Waals surface area contributed by atoms with Crippen molar-refractivity contribution in [2.45, 2.75) is 32.6 Å². The van der Waals surface area contributed by atoms with Crippen molar-refractivity contribution in [2.75, 3.05) is 39.8 Å². The van der Waals surface area contributed by atoms with Crippen LogP contribution in [0.15, 0.2) is 0 Å². The standard InChI is InChI=1S/C14H25N3O4/c1-3-12(18)16-8-10-17(11-9-16)14(20)15-7-5-4-6-13(19)21-2/h3-11H2,1-2H3,(H,15,20). The van der Waals surface area contributed by atoms with E-state index in [0.29, 0.717) is 52.0 Å². The van der Waals surface area contributed by atoms with Crippen molar-refractivity contribution >= 4 is 17.9 Å². The Morgan fingerprint density at radius 3 is 2.24 bits per heavy atom. The SMILES string of the molecule is CCC(=O)N1CCN(C(=O)NCCCCC(=O)OC)CC1. The van der Waals surface area contributed by atoms with Crippen molar-refractivity contribution < 1.29 is 19.1 Å². The van der Waals surface area contributed by atoms with E-state index in [9.17, 15) is 14.4 Å². The van der Waals surface area contributed by atoms with E-state index in [1.165, 1.54) is 7.11 Å². The molecule has 7 nitrogen and oxygen atoms in total. The summed E-state index contributed by atoms with van der Waals surface area (Å²) < 4.78 is 4.54. The maximum absolute atomic E-state index is 11.9. The first kappa shape index (κ1) is 17.3. The third-order valence-electron chi connectivity index (χ3n) is 3.53. The first-order chi connectivity index (χ1) is 10.1. The predicted octanol–water partition coefficient (Wildman–Crippen LogP) is 0.594.